The van der Waals surface area contributed by atoms with Gasteiger partial charge in [-0.25, -0.2) is 9.18 Å². The summed E-state index contributed by atoms with van der Waals surface area (Å²) >= 11 is 0. The molecule has 2 N–H and O–H groups in total. The summed E-state index contributed by atoms with van der Waals surface area (Å²) in [4.78, 5) is 27.9. The predicted octanol–water partition coefficient (Wildman–Crippen LogP) is 3.73. The van der Waals surface area contributed by atoms with Crippen LogP contribution < -0.4 is 10.6 Å². The number of nitrogens with one attached hydrogen (secondary N) is 2. The van der Waals surface area contributed by atoms with Crippen molar-refractivity contribution in [3.05, 3.63) is 35.1 Å². The SMILES string of the molecule is CN(CC1CCN(CCNC(=O)NC(C)(C)C)CC1)C(=O)c1cc(F)cc(C(F)(F)F)c1. The van der Waals surface area contributed by atoms with E-state index in [-0.39, 0.29) is 23.1 Å². The van der Waals surface area contributed by atoms with E-state index in [0.717, 1.165) is 32.0 Å². The number of halogens is 4. The molecule has 1 aliphatic heterocycles. The first-order valence-corrected chi connectivity index (χ1v) is 10.7. The van der Waals surface area contributed by atoms with E-state index in [4.69, 9.17) is 0 Å². The molecule has 3 amide bonds. The smallest absolute Gasteiger partial charge is 0.341 e. The number of alkyl halides is 3. The molecule has 0 aliphatic carbocycles. The van der Waals surface area contributed by atoms with Crippen LogP contribution in [0.25, 0.3) is 0 Å². The van der Waals surface area contributed by atoms with Gasteiger partial charge in [0.05, 0.1) is 5.56 Å². The molecule has 0 bridgehead atoms. The molecule has 1 aliphatic rings. The molecule has 10 heteroatoms. The van der Waals surface area contributed by atoms with Crippen LogP contribution in [-0.4, -0.2) is 67.0 Å². The van der Waals surface area contributed by atoms with Crippen molar-refractivity contribution in [1.29, 1.82) is 0 Å². The van der Waals surface area contributed by atoms with Gasteiger partial charge in [0, 0.05) is 37.8 Å². The van der Waals surface area contributed by atoms with E-state index >= 15 is 0 Å². The lowest BCUT2D eigenvalue weighted by molar-refractivity contribution is -0.137. The summed E-state index contributed by atoms with van der Waals surface area (Å²) in [6.07, 6.45) is -3.07. The van der Waals surface area contributed by atoms with E-state index < -0.39 is 23.5 Å². The molecule has 1 heterocycles. The van der Waals surface area contributed by atoms with Gasteiger partial charge in [-0.05, 0) is 70.8 Å². The lowest BCUT2D eigenvalue weighted by atomic mass is 9.96. The summed E-state index contributed by atoms with van der Waals surface area (Å²) in [6, 6.07) is 1.69. The molecule has 0 spiro atoms. The average molecular weight is 461 g/mol. The summed E-state index contributed by atoms with van der Waals surface area (Å²) in [5, 5.41) is 5.66. The Kier molecular flexibility index (Phi) is 8.50. The van der Waals surface area contributed by atoms with E-state index in [1.54, 1.807) is 0 Å². The largest absolute Gasteiger partial charge is 0.416 e. The van der Waals surface area contributed by atoms with Crippen LogP contribution in [0, 0.1) is 11.7 Å². The first-order chi connectivity index (χ1) is 14.7. The summed E-state index contributed by atoms with van der Waals surface area (Å²) in [5.41, 5.74) is -1.78. The summed E-state index contributed by atoms with van der Waals surface area (Å²) in [6.45, 7) is 8.93. The minimum atomic E-state index is -4.72. The Hall–Kier alpha value is -2.36. The molecule has 1 saturated heterocycles. The Morgan fingerprint density at radius 3 is 2.31 bits per heavy atom. The van der Waals surface area contributed by atoms with Gasteiger partial charge in [0.1, 0.15) is 5.82 Å². The molecule has 32 heavy (non-hydrogen) atoms. The van der Waals surface area contributed by atoms with Crippen molar-refractivity contribution in [2.45, 2.75) is 45.3 Å². The number of urea groups is 1. The first kappa shape index (κ1) is 25.9. The molecule has 0 radical (unpaired) electrons. The van der Waals surface area contributed by atoms with Gasteiger partial charge in [0.15, 0.2) is 0 Å². The lowest BCUT2D eigenvalue weighted by Crippen LogP contribution is -2.48. The molecular formula is C22H32F4N4O2. The molecule has 1 fully saturated rings. The highest BCUT2D eigenvalue weighted by atomic mass is 19.4. The minimum Gasteiger partial charge on any atom is -0.341 e. The Balaban J connectivity index is 1.79. The second-order valence-electron chi connectivity index (χ2n) is 9.33. The van der Waals surface area contributed by atoms with E-state index in [1.807, 2.05) is 20.8 Å². The summed E-state index contributed by atoms with van der Waals surface area (Å²) in [5.74, 6) is -1.52. The van der Waals surface area contributed by atoms with Crippen molar-refractivity contribution in [3.8, 4) is 0 Å². The van der Waals surface area contributed by atoms with Crippen LogP contribution in [0.2, 0.25) is 0 Å². The number of nitrogens with zero attached hydrogens (tertiary/aromatic N) is 2. The van der Waals surface area contributed by atoms with Crippen LogP contribution in [0.1, 0.15) is 49.5 Å². The van der Waals surface area contributed by atoms with Crippen LogP contribution in [0.5, 0.6) is 0 Å². The maximum Gasteiger partial charge on any atom is 0.416 e. The lowest BCUT2D eigenvalue weighted by Gasteiger charge is -2.34. The molecule has 1 aromatic carbocycles. The van der Waals surface area contributed by atoms with Crippen LogP contribution in [-0.2, 0) is 6.18 Å². The zero-order valence-corrected chi connectivity index (χ0v) is 19.0. The highest BCUT2D eigenvalue weighted by Gasteiger charge is 2.32. The van der Waals surface area contributed by atoms with Gasteiger partial charge < -0.3 is 20.4 Å². The van der Waals surface area contributed by atoms with Crippen molar-refractivity contribution in [2.75, 3.05) is 39.8 Å². The quantitative estimate of drug-likeness (QED) is 0.636. The second kappa shape index (κ2) is 10.5. The second-order valence-corrected chi connectivity index (χ2v) is 9.33. The molecule has 180 valence electrons. The van der Waals surface area contributed by atoms with Crippen molar-refractivity contribution in [2.24, 2.45) is 5.92 Å². The number of carbonyl (C=O) groups is 2. The number of carbonyl (C=O) groups excluding carboxylic acids is 2. The highest BCUT2D eigenvalue weighted by molar-refractivity contribution is 5.94. The number of benzene rings is 1. The Labute approximate surface area is 186 Å². The monoisotopic (exact) mass is 460 g/mol. The van der Waals surface area contributed by atoms with E-state index in [1.165, 1.54) is 11.9 Å². The van der Waals surface area contributed by atoms with Crippen molar-refractivity contribution in [3.63, 3.8) is 0 Å². The van der Waals surface area contributed by atoms with Crippen LogP contribution in [0.3, 0.4) is 0 Å². The summed E-state index contributed by atoms with van der Waals surface area (Å²) in [7, 11) is 1.52. The van der Waals surface area contributed by atoms with Crippen molar-refractivity contribution >= 4 is 11.9 Å². The number of piperidine rings is 1. The maximum atomic E-state index is 13.6. The third-order valence-corrected chi connectivity index (χ3v) is 5.26. The average Bonchev–Trinajstić information content (AvgIpc) is 2.66. The number of likely N-dealkylation sites (tertiary alicyclic amines) is 1. The normalized spacial score (nSPS) is 16.0. The number of amides is 3. The van der Waals surface area contributed by atoms with Crippen LogP contribution in [0.15, 0.2) is 18.2 Å². The molecule has 1 aromatic rings. The minimum absolute atomic E-state index is 0.202. The highest BCUT2D eigenvalue weighted by Crippen LogP contribution is 2.30. The first-order valence-electron chi connectivity index (χ1n) is 10.7. The van der Waals surface area contributed by atoms with Gasteiger partial charge in [0.2, 0.25) is 0 Å². The maximum absolute atomic E-state index is 13.6. The van der Waals surface area contributed by atoms with Gasteiger partial charge in [0.25, 0.3) is 5.91 Å². The number of hydrogen-bond donors (Lipinski definition) is 2. The van der Waals surface area contributed by atoms with Gasteiger partial charge in [-0.2, -0.15) is 13.2 Å². The van der Waals surface area contributed by atoms with Gasteiger partial charge >= 0.3 is 12.2 Å². The fourth-order valence-electron chi connectivity index (χ4n) is 3.67. The van der Waals surface area contributed by atoms with Gasteiger partial charge in [-0.1, -0.05) is 0 Å². The number of hydrogen-bond acceptors (Lipinski definition) is 3. The predicted molar refractivity (Wildman–Crippen MR) is 114 cm³/mol. The van der Waals surface area contributed by atoms with E-state index in [2.05, 4.69) is 15.5 Å². The molecule has 0 unspecified atom stereocenters. The fraction of sp³-hybridized carbons (Fsp3) is 0.636. The molecule has 0 aromatic heterocycles. The van der Waals surface area contributed by atoms with E-state index in [9.17, 15) is 27.2 Å². The number of rotatable bonds is 6. The molecule has 0 saturated carbocycles. The Bertz CT molecular complexity index is 800. The van der Waals surface area contributed by atoms with Crippen LogP contribution >= 0.6 is 0 Å². The standard InChI is InChI=1S/C22H32F4N4O2/c1-21(2,3)28-20(32)27-7-10-30-8-5-15(6-9-30)14-29(4)19(31)16-11-17(22(24,25)26)13-18(23)12-16/h11-13,15H,5-10,14H2,1-4H3,(H2,27,28,32). The van der Waals surface area contributed by atoms with Crippen molar-refractivity contribution < 1.29 is 27.2 Å². The Morgan fingerprint density at radius 2 is 1.75 bits per heavy atom. The molecular weight excluding hydrogens is 428 g/mol. The molecule has 6 nitrogen and oxygen atoms in total. The molecule has 2 rings (SSSR count). The van der Waals surface area contributed by atoms with Gasteiger partial charge in [-0.3, -0.25) is 4.79 Å². The zero-order chi connectivity index (χ0) is 24.1. The third-order valence-electron chi connectivity index (χ3n) is 5.26. The topological polar surface area (TPSA) is 64.7 Å². The zero-order valence-electron chi connectivity index (χ0n) is 19.0. The molecule has 0 atom stereocenters. The van der Waals surface area contributed by atoms with Crippen molar-refractivity contribution in [1.82, 2.24) is 20.4 Å². The van der Waals surface area contributed by atoms with E-state index in [0.29, 0.717) is 31.8 Å². The van der Waals surface area contributed by atoms with Crippen LogP contribution in [0.4, 0.5) is 22.4 Å². The fourth-order valence-corrected chi connectivity index (χ4v) is 3.67. The third kappa shape index (κ3) is 8.29. The Morgan fingerprint density at radius 1 is 1.12 bits per heavy atom. The summed E-state index contributed by atoms with van der Waals surface area (Å²) < 4.78 is 52.3. The van der Waals surface area contributed by atoms with Gasteiger partial charge in [-0.15, -0.1) is 0 Å².